The average molecular weight is 353 g/mol. The lowest BCUT2D eigenvalue weighted by Gasteiger charge is -2.17. The molecule has 0 saturated heterocycles. The van der Waals surface area contributed by atoms with Crippen LogP contribution in [0.3, 0.4) is 0 Å². The summed E-state index contributed by atoms with van der Waals surface area (Å²) in [6.45, 7) is 6.02. The van der Waals surface area contributed by atoms with Crippen LogP contribution >= 0.6 is 11.6 Å². The standard InChI is InChI=1S/C21H21ClN2O/c1-4-13(2)23-21(25)19-14(3)20(15-9-11-16(22)12-10-15)24-18-8-6-5-7-17(18)19/h5-13H,4H2,1-3H3,(H,23,25). The molecule has 1 amide bonds. The predicted molar refractivity (Wildman–Crippen MR) is 104 cm³/mol. The number of aromatic nitrogens is 1. The van der Waals surface area contributed by atoms with Gasteiger partial charge in [-0.3, -0.25) is 4.79 Å². The van der Waals surface area contributed by atoms with E-state index < -0.39 is 0 Å². The molecule has 25 heavy (non-hydrogen) atoms. The Morgan fingerprint density at radius 1 is 1.16 bits per heavy atom. The van der Waals surface area contributed by atoms with Gasteiger partial charge in [0.2, 0.25) is 0 Å². The van der Waals surface area contributed by atoms with Crippen LogP contribution in [0.4, 0.5) is 0 Å². The smallest absolute Gasteiger partial charge is 0.252 e. The summed E-state index contributed by atoms with van der Waals surface area (Å²) in [7, 11) is 0. The van der Waals surface area contributed by atoms with E-state index in [0.29, 0.717) is 10.6 Å². The Morgan fingerprint density at radius 2 is 1.84 bits per heavy atom. The van der Waals surface area contributed by atoms with Crippen molar-refractivity contribution in [2.24, 2.45) is 0 Å². The van der Waals surface area contributed by atoms with Crippen LogP contribution in [0.15, 0.2) is 48.5 Å². The third-order valence-corrected chi connectivity index (χ3v) is 4.72. The highest BCUT2D eigenvalue weighted by Gasteiger charge is 2.19. The first-order valence-electron chi connectivity index (χ1n) is 8.47. The third kappa shape index (κ3) is 3.52. The number of nitrogens with one attached hydrogen (secondary N) is 1. The van der Waals surface area contributed by atoms with Crippen LogP contribution in [0.2, 0.25) is 5.02 Å². The van der Waals surface area contributed by atoms with E-state index in [-0.39, 0.29) is 11.9 Å². The Labute approximate surface area is 153 Å². The lowest BCUT2D eigenvalue weighted by atomic mass is 9.97. The highest BCUT2D eigenvalue weighted by atomic mass is 35.5. The van der Waals surface area contributed by atoms with Crippen molar-refractivity contribution in [3.05, 3.63) is 64.7 Å². The van der Waals surface area contributed by atoms with E-state index in [1.54, 1.807) is 0 Å². The van der Waals surface area contributed by atoms with Gasteiger partial charge >= 0.3 is 0 Å². The van der Waals surface area contributed by atoms with Gasteiger partial charge in [-0.15, -0.1) is 0 Å². The van der Waals surface area contributed by atoms with E-state index in [4.69, 9.17) is 16.6 Å². The fraction of sp³-hybridized carbons (Fsp3) is 0.238. The van der Waals surface area contributed by atoms with Gasteiger partial charge in [-0.25, -0.2) is 4.98 Å². The molecule has 3 nitrogen and oxygen atoms in total. The Bertz CT molecular complexity index is 919. The number of hydrogen-bond acceptors (Lipinski definition) is 2. The zero-order valence-corrected chi connectivity index (χ0v) is 15.4. The molecule has 128 valence electrons. The van der Waals surface area contributed by atoms with Crippen molar-refractivity contribution in [1.82, 2.24) is 10.3 Å². The second-order valence-electron chi connectivity index (χ2n) is 6.27. The monoisotopic (exact) mass is 352 g/mol. The van der Waals surface area contributed by atoms with E-state index in [1.165, 1.54) is 0 Å². The molecule has 2 aromatic carbocycles. The number of halogens is 1. The second kappa shape index (κ2) is 7.24. The Kier molecular flexibility index (Phi) is 5.05. The number of para-hydroxylation sites is 1. The van der Waals surface area contributed by atoms with Crippen molar-refractivity contribution in [1.29, 1.82) is 0 Å². The molecule has 0 saturated carbocycles. The Hall–Kier alpha value is -2.39. The van der Waals surface area contributed by atoms with E-state index in [0.717, 1.165) is 34.1 Å². The van der Waals surface area contributed by atoms with Crippen LogP contribution in [0, 0.1) is 6.92 Å². The maximum absolute atomic E-state index is 12.9. The summed E-state index contributed by atoms with van der Waals surface area (Å²) in [5.41, 5.74) is 4.14. The quantitative estimate of drug-likeness (QED) is 0.683. The van der Waals surface area contributed by atoms with Gasteiger partial charge in [0.25, 0.3) is 5.91 Å². The van der Waals surface area contributed by atoms with Crippen LogP contribution < -0.4 is 5.32 Å². The molecular formula is C21H21ClN2O. The number of carbonyl (C=O) groups is 1. The maximum atomic E-state index is 12.9. The average Bonchev–Trinajstić information content (AvgIpc) is 2.61. The molecule has 3 aromatic rings. The van der Waals surface area contributed by atoms with Crippen molar-refractivity contribution in [2.75, 3.05) is 0 Å². The third-order valence-electron chi connectivity index (χ3n) is 4.47. The van der Waals surface area contributed by atoms with Crippen molar-refractivity contribution in [2.45, 2.75) is 33.2 Å². The van der Waals surface area contributed by atoms with Gasteiger partial charge in [-0.1, -0.05) is 48.9 Å². The first-order chi connectivity index (χ1) is 12.0. The molecule has 0 radical (unpaired) electrons. The number of rotatable bonds is 4. The van der Waals surface area contributed by atoms with Crippen LogP contribution in [0.1, 0.15) is 36.2 Å². The Morgan fingerprint density at radius 3 is 2.52 bits per heavy atom. The largest absolute Gasteiger partial charge is 0.350 e. The first-order valence-corrected chi connectivity index (χ1v) is 8.85. The second-order valence-corrected chi connectivity index (χ2v) is 6.70. The molecule has 3 rings (SSSR count). The molecule has 1 N–H and O–H groups in total. The van der Waals surface area contributed by atoms with Gasteiger partial charge in [-0.05, 0) is 44.0 Å². The molecule has 0 fully saturated rings. The van der Waals surface area contributed by atoms with Gasteiger partial charge in [0.1, 0.15) is 0 Å². The van der Waals surface area contributed by atoms with Gasteiger partial charge < -0.3 is 5.32 Å². The lowest BCUT2D eigenvalue weighted by Crippen LogP contribution is -2.32. The predicted octanol–water partition coefficient (Wildman–Crippen LogP) is 5.39. The molecule has 1 aromatic heterocycles. The van der Waals surface area contributed by atoms with Gasteiger partial charge in [-0.2, -0.15) is 0 Å². The zero-order chi connectivity index (χ0) is 18.0. The molecule has 1 unspecified atom stereocenters. The SMILES string of the molecule is CCC(C)NC(=O)c1c(C)c(-c2ccc(Cl)cc2)nc2ccccc12. The molecule has 1 heterocycles. The molecule has 4 heteroatoms. The summed E-state index contributed by atoms with van der Waals surface area (Å²) in [6, 6.07) is 15.4. The molecular weight excluding hydrogens is 332 g/mol. The number of pyridine rings is 1. The van der Waals surface area contributed by atoms with Crippen LogP contribution in [-0.2, 0) is 0 Å². The van der Waals surface area contributed by atoms with Gasteiger partial charge in [0.15, 0.2) is 0 Å². The fourth-order valence-electron chi connectivity index (χ4n) is 2.89. The maximum Gasteiger partial charge on any atom is 0.252 e. The van der Waals surface area contributed by atoms with E-state index >= 15 is 0 Å². The molecule has 0 aliphatic heterocycles. The molecule has 0 aliphatic carbocycles. The zero-order valence-electron chi connectivity index (χ0n) is 14.6. The number of nitrogens with zero attached hydrogens (tertiary/aromatic N) is 1. The molecule has 1 atom stereocenters. The summed E-state index contributed by atoms with van der Waals surface area (Å²) in [6.07, 6.45) is 0.887. The van der Waals surface area contributed by atoms with E-state index in [1.807, 2.05) is 62.4 Å². The number of benzene rings is 2. The van der Waals surface area contributed by atoms with E-state index in [2.05, 4.69) is 12.2 Å². The van der Waals surface area contributed by atoms with Gasteiger partial charge in [0.05, 0.1) is 16.8 Å². The summed E-state index contributed by atoms with van der Waals surface area (Å²) >= 11 is 6.00. The molecule has 0 spiro atoms. The lowest BCUT2D eigenvalue weighted by molar-refractivity contribution is 0.0940. The minimum Gasteiger partial charge on any atom is -0.350 e. The Balaban J connectivity index is 2.21. The van der Waals surface area contributed by atoms with Crippen LogP contribution in [-0.4, -0.2) is 16.9 Å². The highest BCUT2D eigenvalue weighted by Crippen LogP contribution is 2.30. The highest BCUT2D eigenvalue weighted by molar-refractivity contribution is 6.30. The number of fused-ring (bicyclic) bond motifs is 1. The molecule has 0 aliphatic rings. The van der Waals surface area contributed by atoms with Gasteiger partial charge in [0, 0.05) is 22.0 Å². The van der Waals surface area contributed by atoms with Crippen molar-refractivity contribution in [3.63, 3.8) is 0 Å². The minimum absolute atomic E-state index is 0.0549. The van der Waals surface area contributed by atoms with Crippen molar-refractivity contribution >= 4 is 28.4 Å². The fourth-order valence-corrected chi connectivity index (χ4v) is 3.01. The van der Waals surface area contributed by atoms with Crippen molar-refractivity contribution < 1.29 is 4.79 Å². The summed E-state index contributed by atoms with van der Waals surface area (Å²) in [5, 5.41) is 4.63. The normalized spacial score (nSPS) is 12.2. The molecule has 0 bridgehead atoms. The van der Waals surface area contributed by atoms with Crippen LogP contribution in [0.5, 0.6) is 0 Å². The number of carbonyl (C=O) groups excluding carboxylic acids is 1. The summed E-state index contributed by atoms with van der Waals surface area (Å²) in [5.74, 6) is -0.0549. The van der Waals surface area contributed by atoms with E-state index in [9.17, 15) is 4.79 Å². The summed E-state index contributed by atoms with van der Waals surface area (Å²) < 4.78 is 0. The number of amides is 1. The first kappa shape index (κ1) is 17.4. The van der Waals surface area contributed by atoms with Crippen LogP contribution in [0.25, 0.3) is 22.2 Å². The minimum atomic E-state index is -0.0549. The number of hydrogen-bond donors (Lipinski definition) is 1. The topological polar surface area (TPSA) is 42.0 Å². The summed E-state index contributed by atoms with van der Waals surface area (Å²) in [4.78, 5) is 17.7. The van der Waals surface area contributed by atoms with Crippen molar-refractivity contribution in [3.8, 4) is 11.3 Å².